The van der Waals surface area contributed by atoms with Crippen LogP contribution in [0.15, 0.2) is 60.9 Å². The Morgan fingerprint density at radius 3 is 2.63 bits per heavy atom. The number of imidazole rings is 1. The Balaban J connectivity index is 1.80. The molecule has 0 radical (unpaired) electrons. The zero-order valence-corrected chi connectivity index (χ0v) is 15.7. The van der Waals surface area contributed by atoms with Crippen molar-refractivity contribution in [2.75, 3.05) is 0 Å². The second kappa shape index (κ2) is 8.22. The van der Waals surface area contributed by atoms with E-state index in [2.05, 4.69) is 10.3 Å². The Labute approximate surface area is 161 Å². The van der Waals surface area contributed by atoms with E-state index in [1.165, 1.54) is 12.1 Å². The van der Waals surface area contributed by atoms with Crippen LogP contribution < -0.4 is 10.1 Å². The molecule has 3 rings (SSSR count). The fourth-order valence-corrected chi connectivity index (χ4v) is 2.79. The van der Waals surface area contributed by atoms with Crippen LogP contribution in [0.1, 0.15) is 24.4 Å². The fourth-order valence-electron chi connectivity index (χ4n) is 2.67. The average Bonchev–Trinajstić information content (AvgIpc) is 3.07. The molecular weight excluding hydrogens is 369 g/mol. The van der Waals surface area contributed by atoms with E-state index in [4.69, 9.17) is 16.3 Å². The maximum absolute atomic E-state index is 13.7. The Bertz CT molecular complexity index is 927. The van der Waals surface area contributed by atoms with E-state index in [9.17, 15) is 9.18 Å². The number of nitrogens with zero attached hydrogens (tertiary/aromatic N) is 2. The molecular formula is C20H19ClFN3O2. The summed E-state index contributed by atoms with van der Waals surface area (Å²) in [6.07, 6.45) is 2.63. The van der Waals surface area contributed by atoms with Gasteiger partial charge in [-0.1, -0.05) is 23.7 Å². The van der Waals surface area contributed by atoms with E-state index in [0.717, 1.165) is 0 Å². The second-order valence-corrected chi connectivity index (χ2v) is 6.54. The lowest BCUT2D eigenvalue weighted by Crippen LogP contribution is -2.39. The van der Waals surface area contributed by atoms with Crippen molar-refractivity contribution in [3.05, 3.63) is 83.2 Å². The Hall–Kier alpha value is -2.86. The summed E-state index contributed by atoms with van der Waals surface area (Å²) in [4.78, 5) is 17.0. The third-order valence-corrected chi connectivity index (χ3v) is 4.33. The number of carbonyl (C=O) groups is 1. The number of benzene rings is 2. The van der Waals surface area contributed by atoms with E-state index in [0.29, 0.717) is 22.2 Å². The first kappa shape index (κ1) is 18.9. The quantitative estimate of drug-likeness (QED) is 0.698. The van der Waals surface area contributed by atoms with Gasteiger partial charge in [0, 0.05) is 24.5 Å². The highest BCUT2D eigenvalue weighted by Gasteiger charge is 2.24. The van der Waals surface area contributed by atoms with Gasteiger partial charge in [0.1, 0.15) is 23.4 Å². The van der Waals surface area contributed by atoms with Crippen LogP contribution in [-0.2, 0) is 11.8 Å². The number of hydrogen-bond acceptors (Lipinski definition) is 3. The Morgan fingerprint density at radius 2 is 2.00 bits per heavy atom. The normalized spacial score (nSPS) is 13.0. The van der Waals surface area contributed by atoms with Gasteiger partial charge in [-0.15, -0.1) is 0 Å². The molecule has 0 spiro atoms. The number of amides is 1. The lowest BCUT2D eigenvalue weighted by molar-refractivity contribution is -0.127. The lowest BCUT2D eigenvalue weighted by Gasteiger charge is -2.22. The van der Waals surface area contributed by atoms with Crippen LogP contribution in [0.4, 0.5) is 4.39 Å². The summed E-state index contributed by atoms with van der Waals surface area (Å²) in [7, 11) is 1.81. The van der Waals surface area contributed by atoms with Gasteiger partial charge in [0.2, 0.25) is 0 Å². The molecule has 7 heteroatoms. The minimum atomic E-state index is -0.762. The standard InChI is InChI=1S/C20H19ClFN3O2/c1-13(27-17-8-6-15(21)7-9-17)20(26)24-18(19-23-10-11-25(19)2)14-4-3-5-16(22)12-14/h3-13,18H,1-2H3,(H,24,26)/t13-,18+/m1/s1. The third-order valence-electron chi connectivity index (χ3n) is 4.08. The molecule has 0 saturated carbocycles. The molecule has 1 heterocycles. The van der Waals surface area contributed by atoms with Crippen molar-refractivity contribution in [1.82, 2.24) is 14.9 Å². The average molecular weight is 388 g/mol. The van der Waals surface area contributed by atoms with Gasteiger partial charge in [-0.25, -0.2) is 9.37 Å². The molecule has 0 bridgehead atoms. The molecule has 27 heavy (non-hydrogen) atoms. The predicted molar refractivity (Wildman–Crippen MR) is 101 cm³/mol. The molecule has 0 aliphatic heterocycles. The number of nitrogens with one attached hydrogen (secondary N) is 1. The fraction of sp³-hybridized carbons (Fsp3) is 0.200. The zero-order chi connectivity index (χ0) is 19.4. The highest BCUT2D eigenvalue weighted by Crippen LogP contribution is 2.22. The van der Waals surface area contributed by atoms with Crippen molar-refractivity contribution in [2.24, 2.45) is 7.05 Å². The minimum Gasteiger partial charge on any atom is -0.481 e. The molecule has 140 valence electrons. The van der Waals surface area contributed by atoms with Crippen molar-refractivity contribution in [3.8, 4) is 5.75 Å². The molecule has 0 aliphatic carbocycles. The number of aromatic nitrogens is 2. The summed E-state index contributed by atoms with van der Waals surface area (Å²) in [6, 6.07) is 12.2. The summed E-state index contributed by atoms with van der Waals surface area (Å²) < 4.78 is 21.2. The number of halogens is 2. The maximum atomic E-state index is 13.7. The number of ether oxygens (including phenoxy) is 1. The van der Waals surface area contributed by atoms with Crippen molar-refractivity contribution < 1.29 is 13.9 Å². The van der Waals surface area contributed by atoms with Crippen LogP contribution >= 0.6 is 11.6 Å². The van der Waals surface area contributed by atoms with Crippen molar-refractivity contribution in [1.29, 1.82) is 0 Å². The molecule has 2 atom stereocenters. The molecule has 0 aliphatic rings. The highest BCUT2D eigenvalue weighted by atomic mass is 35.5. The van der Waals surface area contributed by atoms with Gasteiger partial charge in [0.25, 0.3) is 5.91 Å². The molecule has 0 fully saturated rings. The van der Waals surface area contributed by atoms with Crippen LogP contribution in [0.3, 0.4) is 0 Å². The number of carbonyl (C=O) groups excluding carboxylic acids is 1. The van der Waals surface area contributed by atoms with Crippen LogP contribution in [-0.4, -0.2) is 21.6 Å². The van der Waals surface area contributed by atoms with E-state index >= 15 is 0 Å². The van der Waals surface area contributed by atoms with Crippen molar-refractivity contribution in [2.45, 2.75) is 19.1 Å². The van der Waals surface area contributed by atoms with Crippen LogP contribution in [0.25, 0.3) is 0 Å². The third kappa shape index (κ3) is 4.65. The Kier molecular flexibility index (Phi) is 5.76. The van der Waals surface area contributed by atoms with Gasteiger partial charge in [-0.3, -0.25) is 4.79 Å². The maximum Gasteiger partial charge on any atom is 0.261 e. The van der Waals surface area contributed by atoms with E-state index < -0.39 is 12.1 Å². The molecule has 0 saturated heterocycles. The molecule has 3 aromatic rings. The van der Waals surface area contributed by atoms with E-state index in [1.54, 1.807) is 60.3 Å². The van der Waals surface area contributed by atoms with E-state index in [-0.39, 0.29) is 11.7 Å². The summed E-state index contributed by atoms with van der Waals surface area (Å²) in [5.41, 5.74) is 0.594. The van der Waals surface area contributed by atoms with Gasteiger partial charge in [-0.2, -0.15) is 0 Å². The highest BCUT2D eigenvalue weighted by molar-refractivity contribution is 6.30. The van der Waals surface area contributed by atoms with E-state index in [1.807, 2.05) is 7.05 Å². The molecule has 0 unspecified atom stereocenters. The molecule has 1 amide bonds. The summed E-state index contributed by atoms with van der Waals surface area (Å²) in [5.74, 6) is 0.391. The molecule has 1 aromatic heterocycles. The monoisotopic (exact) mass is 387 g/mol. The van der Waals surface area contributed by atoms with Crippen LogP contribution in [0, 0.1) is 5.82 Å². The second-order valence-electron chi connectivity index (χ2n) is 6.11. The first-order valence-corrected chi connectivity index (χ1v) is 8.77. The smallest absolute Gasteiger partial charge is 0.261 e. The topological polar surface area (TPSA) is 56.1 Å². The van der Waals surface area contributed by atoms with Gasteiger partial charge in [-0.05, 0) is 48.9 Å². The van der Waals surface area contributed by atoms with Crippen molar-refractivity contribution in [3.63, 3.8) is 0 Å². The van der Waals surface area contributed by atoms with Crippen LogP contribution in [0.2, 0.25) is 5.02 Å². The minimum absolute atomic E-state index is 0.345. The number of hydrogen-bond donors (Lipinski definition) is 1. The SMILES string of the molecule is C[C@@H](Oc1ccc(Cl)cc1)C(=O)N[C@@H](c1cccc(F)c1)c1nccn1C. The summed E-state index contributed by atoms with van der Waals surface area (Å²) >= 11 is 5.86. The van der Waals surface area contributed by atoms with Gasteiger partial charge in [0.15, 0.2) is 6.10 Å². The number of rotatable bonds is 6. The van der Waals surface area contributed by atoms with Crippen molar-refractivity contribution >= 4 is 17.5 Å². The summed E-state index contributed by atoms with van der Waals surface area (Å²) in [5, 5.41) is 3.48. The van der Waals surface area contributed by atoms with Gasteiger partial charge >= 0.3 is 0 Å². The number of aryl methyl sites for hydroxylation is 1. The zero-order valence-electron chi connectivity index (χ0n) is 14.9. The molecule has 1 N–H and O–H groups in total. The van der Waals surface area contributed by atoms with Gasteiger partial charge in [0.05, 0.1) is 0 Å². The predicted octanol–water partition coefficient (Wildman–Crippen LogP) is 3.89. The van der Waals surface area contributed by atoms with Crippen LogP contribution in [0.5, 0.6) is 5.75 Å². The molecule has 5 nitrogen and oxygen atoms in total. The largest absolute Gasteiger partial charge is 0.481 e. The molecule has 2 aromatic carbocycles. The first-order valence-electron chi connectivity index (χ1n) is 8.39. The Morgan fingerprint density at radius 1 is 1.26 bits per heavy atom. The lowest BCUT2D eigenvalue weighted by atomic mass is 10.1. The van der Waals surface area contributed by atoms with Gasteiger partial charge < -0.3 is 14.6 Å². The first-order chi connectivity index (χ1) is 12.9. The summed E-state index contributed by atoms with van der Waals surface area (Å²) in [6.45, 7) is 1.64.